The molecule has 0 saturated heterocycles. The summed E-state index contributed by atoms with van der Waals surface area (Å²) >= 11 is 0. The van der Waals surface area contributed by atoms with Crippen molar-refractivity contribution < 1.29 is 23.8 Å². The van der Waals surface area contributed by atoms with Gasteiger partial charge >= 0.3 is 0 Å². The van der Waals surface area contributed by atoms with E-state index in [-0.39, 0.29) is 11.5 Å². The fourth-order valence-electron chi connectivity index (χ4n) is 3.66. The van der Waals surface area contributed by atoms with Gasteiger partial charge in [-0.05, 0) is 41.5 Å². The zero-order chi connectivity index (χ0) is 22.0. The number of ether oxygens (including phenoxy) is 2. The number of hydrogen-bond acceptors (Lipinski definition) is 5. The van der Waals surface area contributed by atoms with Gasteiger partial charge < -0.3 is 9.47 Å². The number of nitrogens with zero attached hydrogens (tertiary/aromatic N) is 2. The number of allylic oxidation sites excluding steroid dienone is 1. The molecule has 0 N–H and O–H groups in total. The third-order valence-corrected chi connectivity index (χ3v) is 5.30. The molecule has 31 heavy (non-hydrogen) atoms. The van der Waals surface area contributed by atoms with Gasteiger partial charge in [-0.15, -0.1) is 0 Å². The van der Waals surface area contributed by atoms with Gasteiger partial charge in [0.2, 0.25) is 0 Å². The second-order valence-electron chi connectivity index (χ2n) is 7.27. The number of aromatic nitrogens is 1. The maximum absolute atomic E-state index is 12.8. The van der Waals surface area contributed by atoms with Gasteiger partial charge in [0.15, 0.2) is 36.2 Å². The van der Waals surface area contributed by atoms with Crippen LogP contribution in [0.3, 0.4) is 0 Å². The van der Waals surface area contributed by atoms with Crippen LogP contribution in [0.15, 0.2) is 66.5 Å². The smallest absolute Gasteiger partial charge is 0.269 e. The van der Waals surface area contributed by atoms with Crippen molar-refractivity contribution in [1.82, 2.24) is 0 Å². The van der Waals surface area contributed by atoms with Crippen LogP contribution in [0.1, 0.15) is 27.0 Å². The number of hydrogen-bond donors (Lipinski definition) is 0. The average Bonchev–Trinajstić information content (AvgIpc) is 3.08. The predicted octanol–water partition coefficient (Wildman–Crippen LogP) is 3.77. The third kappa shape index (κ3) is 4.16. The molecule has 7 heteroatoms. The summed E-state index contributed by atoms with van der Waals surface area (Å²) in [5, 5.41) is 10.8. The van der Waals surface area contributed by atoms with Crippen LogP contribution in [-0.4, -0.2) is 24.9 Å². The van der Waals surface area contributed by atoms with E-state index in [1.807, 2.05) is 41.2 Å². The van der Waals surface area contributed by atoms with Gasteiger partial charge in [0.05, 0.1) is 19.1 Å². The molecule has 0 radical (unpaired) electrons. The van der Waals surface area contributed by atoms with E-state index in [1.54, 1.807) is 32.4 Å². The van der Waals surface area contributed by atoms with Crippen LogP contribution in [0.5, 0.6) is 11.5 Å². The van der Waals surface area contributed by atoms with Crippen LogP contribution in [0, 0.1) is 10.1 Å². The fourth-order valence-corrected chi connectivity index (χ4v) is 3.66. The first kappa shape index (κ1) is 20.3. The van der Waals surface area contributed by atoms with Crippen molar-refractivity contribution in [3.05, 3.63) is 98.9 Å². The molecular weight excluding hydrogens is 396 g/mol. The molecule has 0 unspecified atom stereocenters. The summed E-state index contributed by atoms with van der Waals surface area (Å²) in [6.07, 6.45) is 6.29. The summed E-state index contributed by atoms with van der Waals surface area (Å²) in [6, 6.07) is 14.0. The molecule has 0 saturated carbocycles. The normalized spacial score (nSPS) is 13.9. The predicted molar refractivity (Wildman–Crippen MR) is 114 cm³/mol. The molecule has 1 heterocycles. The fraction of sp³-hybridized carbons (Fsp3) is 0.167. The van der Waals surface area contributed by atoms with Crippen LogP contribution < -0.4 is 14.0 Å². The average molecular weight is 417 g/mol. The Morgan fingerprint density at radius 3 is 2.29 bits per heavy atom. The lowest BCUT2D eigenvalue weighted by atomic mass is 10.1. The monoisotopic (exact) mass is 417 g/mol. The molecule has 1 aliphatic rings. The highest BCUT2D eigenvalue weighted by Crippen LogP contribution is 2.36. The Bertz CT molecular complexity index is 1180. The van der Waals surface area contributed by atoms with E-state index in [0.29, 0.717) is 30.0 Å². The topological polar surface area (TPSA) is 82.5 Å². The van der Waals surface area contributed by atoms with Crippen molar-refractivity contribution in [2.45, 2.75) is 13.0 Å². The summed E-state index contributed by atoms with van der Waals surface area (Å²) in [4.78, 5) is 23.2. The first-order valence-corrected chi connectivity index (χ1v) is 9.71. The number of Topliss-reactive ketones (excluding diaryl/α,β-unsaturated/α-hetero) is 1. The number of methoxy groups -OCH3 is 2. The maximum Gasteiger partial charge on any atom is 0.269 e. The maximum atomic E-state index is 12.8. The van der Waals surface area contributed by atoms with E-state index in [2.05, 4.69) is 0 Å². The zero-order valence-corrected chi connectivity index (χ0v) is 17.2. The van der Waals surface area contributed by atoms with E-state index < -0.39 is 4.92 Å². The van der Waals surface area contributed by atoms with E-state index in [1.165, 1.54) is 12.1 Å². The number of non-ortho nitro benzene ring substituents is 1. The molecule has 156 valence electrons. The molecule has 1 aliphatic carbocycles. The highest BCUT2D eigenvalue weighted by molar-refractivity contribution is 6.15. The van der Waals surface area contributed by atoms with Gasteiger partial charge in [0, 0.05) is 47.4 Å². The summed E-state index contributed by atoms with van der Waals surface area (Å²) in [5.41, 5.74) is 4.26. The summed E-state index contributed by atoms with van der Waals surface area (Å²) in [6.45, 7) is 0.596. The van der Waals surface area contributed by atoms with Crippen molar-refractivity contribution in [2.24, 2.45) is 0 Å². The molecule has 1 aromatic heterocycles. The highest BCUT2D eigenvalue weighted by atomic mass is 16.6. The Hall–Kier alpha value is -4.00. The highest BCUT2D eigenvalue weighted by Gasteiger charge is 2.27. The number of benzene rings is 2. The molecule has 0 amide bonds. The van der Waals surface area contributed by atoms with E-state index in [9.17, 15) is 14.9 Å². The van der Waals surface area contributed by atoms with Gasteiger partial charge in [-0.2, -0.15) is 0 Å². The zero-order valence-electron chi connectivity index (χ0n) is 17.2. The van der Waals surface area contributed by atoms with Gasteiger partial charge in [-0.25, -0.2) is 4.57 Å². The minimum atomic E-state index is -0.409. The minimum Gasteiger partial charge on any atom is -0.493 e. The van der Waals surface area contributed by atoms with Crippen molar-refractivity contribution in [3.63, 3.8) is 0 Å². The number of rotatable bonds is 6. The largest absolute Gasteiger partial charge is 0.493 e. The molecule has 0 aliphatic heterocycles. The van der Waals surface area contributed by atoms with Gasteiger partial charge in [0.1, 0.15) is 0 Å². The van der Waals surface area contributed by atoms with E-state index in [4.69, 9.17) is 9.47 Å². The number of nitro groups is 1. The van der Waals surface area contributed by atoms with Crippen molar-refractivity contribution in [2.75, 3.05) is 14.2 Å². The lowest BCUT2D eigenvalue weighted by Gasteiger charge is -2.08. The molecule has 4 rings (SSSR count). The number of carbonyl (C=O) groups excluding carboxylic acids is 1. The third-order valence-electron chi connectivity index (χ3n) is 5.30. The Balaban J connectivity index is 1.50. The number of carbonyl (C=O) groups is 1. The molecule has 2 aromatic carbocycles. The summed E-state index contributed by atoms with van der Waals surface area (Å²) < 4.78 is 12.6. The molecule has 0 bridgehead atoms. The lowest BCUT2D eigenvalue weighted by molar-refractivity contribution is -0.688. The van der Waals surface area contributed by atoms with Crippen molar-refractivity contribution in [3.8, 4) is 11.5 Å². The van der Waals surface area contributed by atoms with Crippen LogP contribution >= 0.6 is 0 Å². The molecule has 0 spiro atoms. The summed E-state index contributed by atoms with van der Waals surface area (Å²) in [7, 11) is 3.13. The number of pyridine rings is 1. The minimum absolute atomic E-state index is 0.00133. The molecular formula is C24H21N2O5+. The first-order chi connectivity index (χ1) is 15.0. The standard InChI is InChI=1S/C24H21N2O5/c1-30-22-13-18-12-19(24(27)21(18)14-23(22)31-2)11-16-7-9-25(10-8-16)15-17-3-5-20(6-4-17)26(28)29/h3-11,13-14H,12,15H2,1-2H3/q+1/b19-11+. The number of ketones is 1. The number of nitro benzene ring substituents is 1. The second kappa shape index (κ2) is 8.39. The van der Waals surface area contributed by atoms with E-state index >= 15 is 0 Å². The van der Waals surface area contributed by atoms with Gasteiger partial charge in [-0.1, -0.05) is 0 Å². The second-order valence-corrected chi connectivity index (χ2v) is 7.27. The Kier molecular flexibility index (Phi) is 5.49. The SMILES string of the molecule is COc1cc2c(cc1OC)C(=O)/C(=C/c1cc[n+](Cc3ccc([N+](=O)[O-])cc3)cc1)C2. The number of fused-ring (bicyclic) bond motifs is 1. The molecule has 0 fully saturated rings. The Morgan fingerprint density at radius 2 is 1.68 bits per heavy atom. The Labute approximate surface area is 179 Å². The van der Waals surface area contributed by atoms with Crippen molar-refractivity contribution >= 4 is 17.5 Å². The summed E-state index contributed by atoms with van der Waals surface area (Å²) in [5.74, 6) is 1.16. The molecule has 7 nitrogen and oxygen atoms in total. The molecule has 3 aromatic rings. The quantitative estimate of drug-likeness (QED) is 0.264. The van der Waals surface area contributed by atoms with Gasteiger partial charge in [0.25, 0.3) is 5.69 Å². The Morgan fingerprint density at radius 1 is 1.03 bits per heavy atom. The first-order valence-electron chi connectivity index (χ1n) is 9.71. The van der Waals surface area contributed by atoms with Gasteiger partial charge in [-0.3, -0.25) is 14.9 Å². The lowest BCUT2D eigenvalue weighted by Crippen LogP contribution is -2.33. The van der Waals surface area contributed by atoms with Crippen LogP contribution in [-0.2, 0) is 13.0 Å². The van der Waals surface area contributed by atoms with E-state index in [0.717, 1.165) is 22.3 Å². The van der Waals surface area contributed by atoms with Crippen LogP contribution in [0.2, 0.25) is 0 Å². The van der Waals surface area contributed by atoms with Crippen LogP contribution in [0.25, 0.3) is 6.08 Å². The molecule has 0 atom stereocenters. The van der Waals surface area contributed by atoms with Crippen molar-refractivity contribution in [1.29, 1.82) is 0 Å². The van der Waals surface area contributed by atoms with Crippen LogP contribution in [0.4, 0.5) is 5.69 Å².